The van der Waals surface area contributed by atoms with E-state index in [4.69, 9.17) is 32.7 Å². The third-order valence-electron chi connectivity index (χ3n) is 4.00. The van der Waals surface area contributed by atoms with Crippen molar-refractivity contribution in [1.82, 2.24) is 9.62 Å². The molecule has 2 unspecified atom stereocenters. The molecule has 28 heavy (non-hydrogen) atoms. The van der Waals surface area contributed by atoms with Crippen molar-refractivity contribution in [1.29, 1.82) is 0 Å². The second-order valence-electron chi connectivity index (χ2n) is 6.58. The van der Waals surface area contributed by atoms with E-state index in [1.165, 1.54) is 25.1 Å². The number of carbonyl (C=O) groups excluding carboxylic acids is 2. The number of carbonyl (C=O) groups is 2. The number of sulfonamides is 1. The lowest BCUT2D eigenvalue weighted by Crippen LogP contribution is -2.50. The van der Waals surface area contributed by atoms with Gasteiger partial charge in [-0.15, -0.1) is 0 Å². The molecule has 1 fully saturated rings. The molecule has 0 bridgehead atoms. The van der Waals surface area contributed by atoms with Gasteiger partial charge in [0.2, 0.25) is 10.0 Å². The van der Waals surface area contributed by atoms with Gasteiger partial charge in [-0.1, -0.05) is 23.2 Å². The molecule has 1 amide bonds. The van der Waals surface area contributed by atoms with Crippen LogP contribution in [0.1, 0.15) is 20.8 Å². The van der Waals surface area contributed by atoms with Gasteiger partial charge in [0.15, 0.2) is 6.61 Å². The van der Waals surface area contributed by atoms with E-state index in [2.05, 4.69) is 4.72 Å². The average Bonchev–Trinajstić information content (AvgIpc) is 2.60. The quantitative estimate of drug-likeness (QED) is 0.660. The molecule has 156 valence electrons. The van der Waals surface area contributed by atoms with Crippen LogP contribution in [0.4, 0.5) is 0 Å². The number of ether oxygens (including phenoxy) is 2. The van der Waals surface area contributed by atoms with Crippen molar-refractivity contribution in [3.05, 3.63) is 28.2 Å². The number of nitrogens with one attached hydrogen (secondary N) is 1. The Kier molecular flexibility index (Phi) is 7.69. The molecule has 0 radical (unpaired) electrons. The zero-order valence-corrected chi connectivity index (χ0v) is 18.0. The van der Waals surface area contributed by atoms with Crippen LogP contribution in [0.15, 0.2) is 23.1 Å². The molecule has 1 heterocycles. The van der Waals surface area contributed by atoms with Gasteiger partial charge < -0.3 is 14.4 Å². The summed E-state index contributed by atoms with van der Waals surface area (Å²) < 4.78 is 37.4. The van der Waals surface area contributed by atoms with E-state index < -0.39 is 28.6 Å². The van der Waals surface area contributed by atoms with Gasteiger partial charge in [-0.05, 0) is 39.0 Å². The molecular formula is C17H22Cl2N2O6S. The Hall–Kier alpha value is -1.39. The van der Waals surface area contributed by atoms with E-state index >= 15 is 0 Å². The Labute approximate surface area is 174 Å². The number of hydrogen-bond acceptors (Lipinski definition) is 6. The molecule has 1 saturated heterocycles. The molecule has 1 N–H and O–H groups in total. The Balaban J connectivity index is 1.91. The highest BCUT2D eigenvalue weighted by Gasteiger charge is 2.28. The highest BCUT2D eigenvalue weighted by atomic mass is 35.5. The number of hydrogen-bond donors (Lipinski definition) is 1. The van der Waals surface area contributed by atoms with E-state index in [0.29, 0.717) is 13.1 Å². The van der Waals surface area contributed by atoms with E-state index in [9.17, 15) is 18.0 Å². The maximum absolute atomic E-state index is 12.4. The van der Waals surface area contributed by atoms with Crippen LogP contribution in [-0.4, -0.2) is 63.1 Å². The molecule has 3 atom stereocenters. The third kappa shape index (κ3) is 6.05. The number of benzene rings is 1. The summed E-state index contributed by atoms with van der Waals surface area (Å²) in [7, 11) is -4.02. The molecule has 1 aromatic rings. The zero-order valence-electron chi connectivity index (χ0n) is 15.6. The summed E-state index contributed by atoms with van der Waals surface area (Å²) in [5, 5.41) is 0.276. The van der Waals surface area contributed by atoms with Crippen molar-refractivity contribution in [2.75, 3.05) is 19.7 Å². The maximum Gasteiger partial charge on any atom is 0.324 e. The number of amides is 1. The van der Waals surface area contributed by atoms with Crippen molar-refractivity contribution in [3.8, 4) is 0 Å². The second-order valence-corrected chi connectivity index (χ2v) is 9.11. The molecule has 0 saturated carbocycles. The minimum absolute atomic E-state index is 0.0688. The first-order valence-corrected chi connectivity index (χ1v) is 10.8. The summed E-state index contributed by atoms with van der Waals surface area (Å²) >= 11 is 11.6. The van der Waals surface area contributed by atoms with Gasteiger partial charge in [0.1, 0.15) is 6.04 Å². The van der Waals surface area contributed by atoms with Crippen molar-refractivity contribution in [2.24, 2.45) is 0 Å². The molecule has 1 aliphatic heterocycles. The Bertz CT molecular complexity index is 838. The van der Waals surface area contributed by atoms with Crippen molar-refractivity contribution >= 4 is 45.1 Å². The van der Waals surface area contributed by atoms with Crippen LogP contribution in [0.25, 0.3) is 0 Å². The van der Waals surface area contributed by atoms with Gasteiger partial charge in [0.25, 0.3) is 5.91 Å². The van der Waals surface area contributed by atoms with Crippen molar-refractivity contribution < 1.29 is 27.5 Å². The van der Waals surface area contributed by atoms with Gasteiger partial charge in [-0.2, -0.15) is 4.72 Å². The Morgan fingerprint density at radius 3 is 2.43 bits per heavy atom. The predicted molar refractivity (Wildman–Crippen MR) is 104 cm³/mol. The number of esters is 1. The van der Waals surface area contributed by atoms with Gasteiger partial charge >= 0.3 is 5.97 Å². The minimum atomic E-state index is -4.02. The minimum Gasteiger partial charge on any atom is -0.454 e. The standard InChI is InChI=1S/C17H22Cl2N2O6S/c1-10-7-21(8-11(2)27-10)16(22)9-26-17(23)12(3)20-28(24,25)13-4-5-14(18)15(19)6-13/h4-6,10-12,20H,7-9H2,1-3H3/t10?,11?,12-/m0/s1. The summed E-state index contributed by atoms with van der Waals surface area (Å²) in [6.07, 6.45) is -0.222. The smallest absolute Gasteiger partial charge is 0.324 e. The third-order valence-corrected chi connectivity index (χ3v) is 6.27. The SMILES string of the molecule is CC1CN(C(=O)COC(=O)[C@H](C)NS(=O)(=O)c2ccc(Cl)c(Cl)c2)CC(C)O1. The monoisotopic (exact) mass is 452 g/mol. The number of rotatable bonds is 6. The zero-order chi connectivity index (χ0) is 21.1. The van der Waals surface area contributed by atoms with Crippen molar-refractivity contribution in [2.45, 2.75) is 43.9 Å². The van der Waals surface area contributed by atoms with E-state index in [1.807, 2.05) is 13.8 Å². The highest BCUT2D eigenvalue weighted by molar-refractivity contribution is 7.89. The van der Waals surface area contributed by atoms with Crippen LogP contribution < -0.4 is 4.72 Å². The fraction of sp³-hybridized carbons (Fsp3) is 0.529. The van der Waals surface area contributed by atoms with Gasteiger partial charge in [0.05, 0.1) is 27.1 Å². The van der Waals surface area contributed by atoms with Crippen LogP contribution in [0.2, 0.25) is 10.0 Å². The van der Waals surface area contributed by atoms with Crippen LogP contribution in [0.5, 0.6) is 0 Å². The molecule has 0 aromatic heterocycles. The first-order valence-electron chi connectivity index (χ1n) is 8.57. The van der Waals surface area contributed by atoms with Gasteiger partial charge in [-0.25, -0.2) is 8.42 Å². The molecule has 2 rings (SSSR count). The van der Waals surface area contributed by atoms with Gasteiger partial charge in [-0.3, -0.25) is 9.59 Å². The lowest BCUT2D eigenvalue weighted by Gasteiger charge is -2.35. The van der Waals surface area contributed by atoms with Crippen molar-refractivity contribution in [3.63, 3.8) is 0 Å². The van der Waals surface area contributed by atoms with Crippen LogP contribution in [0.3, 0.4) is 0 Å². The van der Waals surface area contributed by atoms with Crippen LogP contribution in [-0.2, 0) is 29.1 Å². The first-order chi connectivity index (χ1) is 13.0. The average molecular weight is 453 g/mol. The molecule has 8 nitrogen and oxygen atoms in total. The topological polar surface area (TPSA) is 102 Å². The van der Waals surface area contributed by atoms with E-state index in [-0.39, 0.29) is 33.1 Å². The Morgan fingerprint density at radius 2 is 1.86 bits per heavy atom. The second kappa shape index (κ2) is 9.41. The molecule has 1 aromatic carbocycles. The number of nitrogens with zero attached hydrogens (tertiary/aromatic N) is 1. The van der Waals surface area contributed by atoms with E-state index in [1.54, 1.807) is 4.90 Å². The Morgan fingerprint density at radius 1 is 1.25 bits per heavy atom. The number of morpholine rings is 1. The lowest BCUT2D eigenvalue weighted by atomic mass is 10.2. The summed E-state index contributed by atoms with van der Waals surface area (Å²) in [5.74, 6) is -1.23. The predicted octanol–water partition coefficient (Wildman–Crippen LogP) is 1.84. The summed E-state index contributed by atoms with van der Waals surface area (Å²) in [6.45, 7) is 5.35. The first kappa shape index (κ1) is 22.9. The fourth-order valence-corrected chi connectivity index (χ4v) is 4.30. The van der Waals surface area contributed by atoms with Crippen LogP contribution >= 0.6 is 23.2 Å². The summed E-state index contributed by atoms with van der Waals surface area (Å²) in [5.41, 5.74) is 0. The molecule has 0 aliphatic carbocycles. The maximum atomic E-state index is 12.4. The molecular weight excluding hydrogens is 431 g/mol. The number of halogens is 2. The largest absolute Gasteiger partial charge is 0.454 e. The molecule has 0 spiro atoms. The summed E-state index contributed by atoms with van der Waals surface area (Å²) in [4.78, 5) is 25.7. The molecule has 1 aliphatic rings. The van der Waals surface area contributed by atoms with Gasteiger partial charge in [0, 0.05) is 13.1 Å². The van der Waals surface area contributed by atoms with E-state index in [0.717, 1.165) is 0 Å². The summed E-state index contributed by atoms with van der Waals surface area (Å²) in [6, 6.07) is 2.58. The van der Waals surface area contributed by atoms with Crippen LogP contribution in [0, 0.1) is 0 Å². The lowest BCUT2D eigenvalue weighted by molar-refractivity contribution is -0.157. The highest BCUT2D eigenvalue weighted by Crippen LogP contribution is 2.24. The fourth-order valence-electron chi connectivity index (χ4n) is 2.72. The molecule has 11 heteroatoms. The normalized spacial score (nSPS) is 21.2.